The summed E-state index contributed by atoms with van der Waals surface area (Å²) in [7, 11) is 0. The number of hydrogen-bond acceptors (Lipinski definition) is 4. The summed E-state index contributed by atoms with van der Waals surface area (Å²) in [6, 6.07) is 21.5. The highest BCUT2D eigenvalue weighted by atomic mass is 32.2. The van der Waals surface area contributed by atoms with E-state index >= 15 is 0 Å². The maximum Gasteiger partial charge on any atom is 0.257 e. The lowest BCUT2D eigenvalue weighted by Crippen LogP contribution is -2.22. The van der Waals surface area contributed by atoms with Crippen molar-refractivity contribution in [3.05, 3.63) is 66.7 Å². The summed E-state index contributed by atoms with van der Waals surface area (Å²) in [6.07, 6.45) is 0. The maximum absolute atomic E-state index is 12.5. The predicted octanol–water partition coefficient (Wildman–Crippen LogP) is 5.10. The summed E-state index contributed by atoms with van der Waals surface area (Å²) in [5.41, 5.74) is 2.31. The van der Waals surface area contributed by atoms with Crippen LogP contribution in [0.25, 0.3) is 21.9 Å². The molecule has 4 rings (SSSR count). The van der Waals surface area contributed by atoms with Crippen LogP contribution in [0.2, 0.25) is 0 Å². The third kappa shape index (κ3) is 3.37. The van der Waals surface area contributed by atoms with Gasteiger partial charge in [-0.1, -0.05) is 54.2 Å². The monoisotopic (exact) mass is 348 g/mol. The third-order valence-corrected chi connectivity index (χ3v) is 4.88. The molecular weight excluding hydrogens is 332 g/mol. The van der Waals surface area contributed by atoms with E-state index in [1.807, 2.05) is 73.7 Å². The number of fused-ring (bicyclic) bond motifs is 2. The molecule has 124 valence electrons. The number of nitrogens with zero attached hydrogens (tertiary/aromatic N) is 1. The molecule has 3 aromatic carbocycles. The topological polar surface area (TPSA) is 55.1 Å². The first-order valence-electron chi connectivity index (χ1n) is 8.01. The van der Waals surface area contributed by atoms with E-state index in [1.54, 1.807) is 0 Å². The SMILES string of the molecule is C[C@H](Sc1nc2ccccc2o1)C(=O)Nc1ccc2ccccc2c1. The lowest BCUT2D eigenvalue weighted by atomic mass is 10.1. The van der Waals surface area contributed by atoms with Gasteiger partial charge < -0.3 is 9.73 Å². The van der Waals surface area contributed by atoms with Crippen LogP contribution in [0.15, 0.2) is 76.4 Å². The van der Waals surface area contributed by atoms with Crippen LogP contribution in [0.4, 0.5) is 5.69 Å². The molecule has 0 saturated carbocycles. The van der Waals surface area contributed by atoms with Crippen molar-refractivity contribution in [1.29, 1.82) is 0 Å². The summed E-state index contributed by atoms with van der Waals surface area (Å²) >= 11 is 1.31. The van der Waals surface area contributed by atoms with Gasteiger partial charge in [0.15, 0.2) is 5.58 Å². The first-order valence-corrected chi connectivity index (χ1v) is 8.89. The Kier molecular flexibility index (Phi) is 4.15. The second-order valence-corrected chi connectivity index (χ2v) is 7.05. The Bertz CT molecular complexity index is 1020. The Morgan fingerprint density at radius 1 is 1.04 bits per heavy atom. The van der Waals surface area contributed by atoms with E-state index in [4.69, 9.17) is 4.42 Å². The Morgan fingerprint density at radius 2 is 1.80 bits per heavy atom. The molecule has 0 aliphatic carbocycles. The number of benzene rings is 3. The van der Waals surface area contributed by atoms with Gasteiger partial charge in [-0.15, -0.1) is 0 Å². The number of carbonyl (C=O) groups is 1. The van der Waals surface area contributed by atoms with Gasteiger partial charge in [0.05, 0.1) is 5.25 Å². The number of oxazole rings is 1. The molecule has 4 aromatic rings. The molecule has 0 saturated heterocycles. The number of aromatic nitrogens is 1. The molecule has 0 fully saturated rings. The van der Waals surface area contributed by atoms with E-state index in [0.717, 1.165) is 27.6 Å². The number of amides is 1. The van der Waals surface area contributed by atoms with Gasteiger partial charge in [-0.3, -0.25) is 4.79 Å². The van der Waals surface area contributed by atoms with Gasteiger partial charge in [0.1, 0.15) is 5.52 Å². The fraction of sp³-hybridized carbons (Fsp3) is 0.100. The first kappa shape index (κ1) is 15.7. The molecule has 0 unspecified atom stereocenters. The fourth-order valence-electron chi connectivity index (χ4n) is 2.62. The van der Waals surface area contributed by atoms with Crippen LogP contribution in [-0.2, 0) is 4.79 Å². The Hall–Kier alpha value is -2.79. The van der Waals surface area contributed by atoms with Gasteiger partial charge >= 0.3 is 0 Å². The van der Waals surface area contributed by atoms with Crippen LogP contribution < -0.4 is 5.32 Å². The zero-order valence-corrected chi connectivity index (χ0v) is 14.4. The summed E-state index contributed by atoms with van der Waals surface area (Å²) in [4.78, 5) is 16.9. The molecule has 4 nitrogen and oxygen atoms in total. The smallest absolute Gasteiger partial charge is 0.257 e. The van der Waals surface area contributed by atoms with Crippen molar-refractivity contribution < 1.29 is 9.21 Å². The molecule has 0 aliphatic rings. The van der Waals surface area contributed by atoms with E-state index in [1.165, 1.54) is 11.8 Å². The summed E-state index contributed by atoms with van der Waals surface area (Å²) in [5, 5.41) is 5.39. The first-order chi connectivity index (χ1) is 12.2. The van der Waals surface area contributed by atoms with E-state index in [0.29, 0.717) is 5.22 Å². The number of thioether (sulfide) groups is 1. The summed E-state index contributed by atoms with van der Waals surface area (Å²) in [5.74, 6) is -0.0810. The van der Waals surface area contributed by atoms with Gasteiger partial charge in [0.2, 0.25) is 5.91 Å². The summed E-state index contributed by atoms with van der Waals surface area (Å²) < 4.78 is 5.67. The molecular formula is C20H16N2O2S. The highest BCUT2D eigenvalue weighted by Crippen LogP contribution is 2.27. The second-order valence-electron chi connectivity index (χ2n) is 5.76. The standard InChI is InChI=1S/C20H16N2O2S/c1-13(25-20-22-17-8-4-5-9-18(17)24-20)19(23)21-16-11-10-14-6-2-3-7-15(14)12-16/h2-13H,1H3,(H,21,23)/t13-/m0/s1. The van der Waals surface area contributed by atoms with Gasteiger partial charge in [-0.25, -0.2) is 4.98 Å². The van der Waals surface area contributed by atoms with E-state index in [2.05, 4.69) is 10.3 Å². The Morgan fingerprint density at radius 3 is 2.64 bits per heavy atom. The van der Waals surface area contributed by atoms with Gasteiger partial charge in [0, 0.05) is 5.69 Å². The minimum atomic E-state index is -0.320. The average Bonchev–Trinajstić information content (AvgIpc) is 3.03. The minimum absolute atomic E-state index is 0.0810. The Balaban J connectivity index is 1.47. The third-order valence-electron chi connectivity index (χ3n) is 3.94. The van der Waals surface area contributed by atoms with Crippen molar-refractivity contribution in [1.82, 2.24) is 4.98 Å². The molecule has 1 atom stereocenters. The van der Waals surface area contributed by atoms with Crippen molar-refractivity contribution in [2.45, 2.75) is 17.4 Å². The molecule has 25 heavy (non-hydrogen) atoms. The minimum Gasteiger partial charge on any atom is -0.431 e. The number of hydrogen-bond donors (Lipinski definition) is 1. The number of nitrogens with one attached hydrogen (secondary N) is 1. The number of anilines is 1. The zero-order valence-electron chi connectivity index (χ0n) is 13.6. The van der Waals surface area contributed by atoms with Gasteiger partial charge in [-0.05, 0) is 42.0 Å². The Labute approximate surface area is 149 Å². The predicted molar refractivity (Wildman–Crippen MR) is 102 cm³/mol. The van der Waals surface area contributed by atoms with Crippen LogP contribution in [0, 0.1) is 0 Å². The van der Waals surface area contributed by atoms with E-state index in [9.17, 15) is 4.79 Å². The number of para-hydroxylation sites is 2. The van der Waals surface area contributed by atoms with Gasteiger partial charge in [0.25, 0.3) is 5.22 Å². The molecule has 1 amide bonds. The zero-order chi connectivity index (χ0) is 17.2. The van der Waals surface area contributed by atoms with Gasteiger partial charge in [-0.2, -0.15) is 0 Å². The van der Waals surface area contributed by atoms with Crippen LogP contribution >= 0.6 is 11.8 Å². The van der Waals surface area contributed by atoms with Crippen LogP contribution in [0.3, 0.4) is 0 Å². The number of carbonyl (C=O) groups excluding carboxylic acids is 1. The molecule has 1 N–H and O–H groups in total. The molecule has 0 radical (unpaired) electrons. The molecule has 0 spiro atoms. The van der Waals surface area contributed by atoms with Crippen molar-refractivity contribution >= 4 is 45.2 Å². The second kappa shape index (κ2) is 6.61. The fourth-order valence-corrected chi connectivity index (χ4v) is 3.37. The van der Waals surface area contributed by atoms with Crippen molar-refractivity contribution in [2.75, 3.05) is 5.32 Å². The molecule has 1 heterocycles. The maximum atomic E-state index is 12.5. The van der Waals surface area contributed by atoms with Crippen LogP contribution in [0.1, 0.15) is 6.92 Å². The molecule has 0 aliphatic heterocycles. The highest BCUT2D eigenvalue weighted by Gasteiger charge is 2.18. The van der Waals surface area contributed by atoms with E-state index < -0.39 is 0 Å². The highest BCUT2D eigenvalue weighted by molar-refractivity contribution is 8.00. The molecule has 1 aromatic heterocycles. The molecule has 0 bridgehead atoms. The quantitative estimate of drug-likeness (QED) is 0.521. The normalized spacial score (nSPS) is 12.4. The average molecular weight is 348 g/mol. The van der Waals surface area contributed by atoms with Crippen molar-refractivity contribution in [3.63, 3.8) is 0 Å². The van der Waals surface area contributed by atoms with Crippen LogP contribution in [-0.4, -0.2) is 16.1 Å². The lowest BCUT2D eigenvalue weighted by molar-refractivity contribution is -0.115. The van der Waals surface area contributed by atoms with E-state index in [-0.39, 0.29) is 11.2 Å². The largest absolute Gasteiger partial charge is 0.431 e. The lowest BCUT2D eigenvalue weighted by Gasteiger charge is -2.10. The molecule has 5 heteroatoms. The number of rotatable bonds is 4. The summed E-state index contributed by atoms with van der Waals surface area (Å²) in [6.45, 7) is 1.84. The van der Waals surface area contributed by atoms with Crippen molar-refractivity contribution in [2.24, 2.45) is 0 Å². The van der Waals surface area contributed by atoms with Crippen molar-refractivity contribution in [3.8, 4) is 0 Å². The van der Waals surface area contributed by atoms with Crippen LogP contribution in [0.5, 0.6) is 0 Å².